The number of carbonyl (C=O) groups excluding carboxylic acids is 2. The number of amides is 2. The first kappa shape index (κ1) is 19.1. The van der Waals surface area contributed by atoms with E-state index in [4.69, 9.17) is 4.74 Å². The van der Waals surface area contributed by atoms with Crippen molar-refractivity contribution in [3.8, 4) is 5.69 Å². The Morgan fingerprint density at radius 1 is 1.00 bits per heavy atom. The minimum Gasteiger partial charge on any atom is -0.375 e. The van der Waals surface area contributed by atoms with Gasteiger partial charge in [0.1, 0.15) is 12.3 Å². The Hall–Kier alpha value is -2.65. The number of rotatable bonds is 6. The van der Waals surface area contributed by atoms with Crippen LogP contribution in [0.5, 0.6) is 0 Å². The van der Waals surface area contributed by atoms with E-state index in [1.165, 1.54) is 7.11 Å². The first-order valence-corrected chi connectivity index (χ1v) is 9.28. The Kier molecular flexibility index (Phi) is 6.25. The van der Waals surface area contributed by atoms with Crippen LogP contribution in [-0.4, -0.2) is 30.1 Å². The van der Waals surface area contributed by atoms with E-state index in [1.54, 1.807) is 30.3 Å². The van der Waals surface area contributed by atoms with Crippen molar-refractivity contribution in [2.75, 3.05) is 24.4 Å². The number of nitrogens with zero attached hydrogens (tertiary/aromatic N) is 1. The van der Waals surface area contributed by atoms with E-state index in [1.807, 2.05) is 41.1 Å². The van der Waals surface area contributed by atoms with Crippen LogP contribution in [0, 0.1) is 3.57 Å². The van der Waals surface area contributed by atoms with Gasteiger partial charge in [-0.15, -0.1) is 0 Å². The zero-order chi connectivity index (χ0) is 19.2. The second-order valence-corrected chi connectivity index (χ2v) is 7.01. The molecule has 0 unspecified atom stereocenters. The molecule has 0 radical (unpaired) electrons. The molecule has 0 aliphatic carbocycles. The molecule has 0 aliphatic heterocycles. The molecule has 2 aromatic carbocycles. The third-order valence-corrected chi connectivity index (χ3v) is 4.42. The lowest BCUT2D eigenvalue weighted by Crippen LogP contribution is -2.18. The van der Waals surface area contributed by atoms with Gasteiger partial charge in [-0.25, -0.2) is 0 Å². The quantitative estimate of drug-likeness (QED) is 0.531. The minimum absolute atomic E-state index is 0.0278. The summed E-state index contributed by atoms with van der Waals surface area (Å²) in [6, 6.07) is 18.5. The van der Waals surface area contributed by atoms with Crippen molar-refractivity contribution in [2.45, 2.75) is 0 Å². The topological polar surface area (TPSA) is 72.4 Å². The third kappa shape index (κ3) is 4.95. The number of halogens is 1. The van der Waals surface area contributed by atoms with E-state index in [0.717, 1.165) is 9.26 Å². The molecular formula is C20H18IN3O3. The van der Waals surface area contributed by atoms with E-state index in [-0.39, 0.29) is 18.4 Å². The molecule has 1 heterocycles. The molecule has 27 heavy (non-hydrogen) atoms. The molecule has 0 fully saturated rings. The van der Waals surface area contributed by atoms with Gasteiger partial charge in [0.15, 0.2) is 0 Å². The Morgan fingerprint density at radius 3 is 2.48 bits per heavy atom. The summed E-state index contributed by atoms with van der Waals surface area (Å²) in [7, 11) is 1.46. The molecule has 0 bridgehead atoms. The van der Waals surface area contributed by atoms with Gasteiger partial charge in [-0.05, 0) is 71.1 Å². The number of benzene rings is 2. The van der Waals surface area contributed by atoms with Crippen LogP contribution in [-0.2, 0) is 9.53 Å². The van der Waals surface area contributed by atoms with E-state index in [0.29, 0.717) is 17.1 Å². The summed E-state index contributed by atoms with van der Waals surface area (Å²) in [5, 5.41) is 5.58. The van der Waals surface area contributed by atoms with Crippen molar-refractivity contribution in [2.24, 2.45) is 0 Å². The molecule has 6 nitrogen and oxygen atoms in total. The van der Waals surface area contributed by atoms with Gasteiger partial charge >= 0.3 is 0 Å². The van der Waals surface area contributed by atoms with Gasteiger partial charge in [0, 0.05) is 33.9 Å². The van der Waals surface area contributed by atoms with Crippen LogP contribution in [0.1, 0.15) is 10.5 Å². The molecule has 0 aliphatic rings. The zero-order valence-corrected chi connectivity index (χ0v) is 16.8. The van der Waals surface area contributed by atoms with Crippen molar-refractivity contribution in [1.82, 2.24) is 4.57 Å². The van der Waals surface area contributed by atoms with Crippen LogP contribution in [0.15, 0.2) is 66.9 Å². The van der Waals surface area contributed by atoms with Gasteiger partial charge in [-0.1, -0.05) is 12.1 Å². The van der Waals surface area contributed by atoms with Crippen molar-refractivity contribution >= 4 is 45.8 Å². The van der Waals surface area contributed by atoms with Gasteiger partial charge < -0.3 is 19.9 Å². The minimum atomic E-state index is -0.256. The fraction of sp³-hybridized carbons (Fsp3) is 0.100. The van der Waals surface area contributed by atoms with Crippen molar-refractivity contribution in [3.05, 3.63) is 76.1 Å². The van der Waals surface area contributed by atoms with Gasteiger partial charge in [0.25, 0.3) is 5.91 Å². The largest absolute Gasteiger partial charge is 0.375 e. The van der Waals surface area contributed by atoms with Crippen LogP contribution < -0.4 is 10.6 Å². The van der Waals surface area contributed by atoms with Crippen LogP contribution in [0.4, 0.5) is 11.4 Å². The molecule has 0 atom stereocenters. The van der Waals surface area contributed by atoms with E-state index in [2.05, 4.69) is 33.2 Å². The summed E-state index contributed by atoms with van der Waals surface area (Å²) in [6.07, 6.45) is 1.85. The Balaban J connectivity index is 1.77. The lowest BCUT2D eigenvalue weighted by atomic mass is 10.2. The van der Waals surface area contributed by atoms with Crippen molar-refractivity contribution < 1.29 is 14.3 Å². The fourth-order valence-corrected chi connectivity index (χ4v) is 3.14. The predicted molar refractivity (Wildman–Crippen MR) is 113 cm³/mol. The van der Waals surface area contributed by atoms with Crippen LogP contribution >= 0.6 is 22.6 Å². The summed E-state index contributed by atoms with van der Waals surface area (Å²) >= 11 is 2.24. The molecule has 0 spiro atoms. The summed E-state index contributed by atoms with van der Waals surface area (Å²) < 4.78 is 7.72. The van der Waals surface area contributed by atoms with E-state index < -0.39 is 0 Å². The maximum Gasteiger partial charge on any atom is 0.272 e. The molecule has 0 saturated carbocycles. The number of carbonyl (C=O) groups is 2. The predicted octanol–water partition coefficient (Wildman–Crippen LogP) is 3.92. The average molecular weight is 475 g/mol. The van der Waals surface area contributed by atoms with Crippen LogP contribution in [0.2, 0.25) is 0 Å². The van der Waals surface area contributed by atoms with Crippen LogP contribution in [0.3, 0.4) is 0 Å². The first-order chi connectivity index (χ1) is 13.1. The molecule has 1 aromatic heterocycles. The van der Waals surface area contributed by atoms with Gasteiger partial charge in [-0.3, -0.25) is 9.59 Å². The monoisotopic (exact) mass is 475 g/mol. The highest BCUT2D eigenvalue weighted by molar-refractivity contribution is 14.1. The number of hydrogen-bond acceptors (Lipinski definition) is 3. The SMILES string of the molecule is COCC(=O)Nc1cccc(NC(=O)c2cccn2-c2cccc(I)c2)c1. The Morgan fingerprint density at radius 2 is 1.74 bits per heavy atom. The van der Waals surface area contributed by atoms with Crippen molar-refractivity contribution in [1.29, 1.82) is 0 Å². The second-order valence-electron chi connectivity index (χ2n) is 5.76. The lowest BCUT2D eigenvalue weighted by Gasteiger charge is -2.11. The number of hydrogen-bond donors (Lipinski definition) is 2. The maximum atomic E-state index is 12.7. The Labute approximate surface area is 170 Å². The molecular weight excluding hydrogens is 457 g/mol. The second kappa shape index (κ2) is 8.83. The summed E-state index contributed by atoms with van der Waals surface area (Å²) in [5.74, 6) is -0.493. The first-order valence-electron chi connectivity index (χ1n) is 8.20. The highest BCUT2D eigenvalue weighted by Crippen LogP contribution is 2.19. The van der Waals surface area contributed by atoms with Gasteiger partial charge in [0.05, 0.1) is 0 Å². The standard InChI is InChI=1S/C20H18IN3O3/c1-27-13-19(25)22-15-6-3-7-16(12-15)23-20(26)18-9-4-10-24(18)17-8-2-5-14(21)11-17/h2-12H,13H2,1H3,(H,22,25)(H,23,26). The number of nitrogens with one attached hydrogen (secondary N) is 2. The number of anilines is 2. The molecule has 3 aromatic rings. The highest BCUT2D eigenvalue weighted by Gasteiger charge is 2.13. The number of aromatic nitrogens is 1. The molecule has 0 saturated heterocycles. The molecule has 3 rings (SSSR count). The highest BCUT2D eigenvalue weighted by atomic mass is 127. The maximum absolute atomic E-state index is 12.7. The average Bonchev–Trinajstić information content (AvgIpc) is 3.12. The molecule has 7 heteroatoms. The fourth-order valence-electron chi connectivity index (χ4n) is 2.62. The summed E-state index contributed by atoms with van der Waals surface area (Å²) in [4.78, 5) is 24.4. The van der Waals surface area contributed by atoms with Gasteiger partial charge in [0.2, 0.25) is 5.91 Å². The number of ether oxygens (including phenoxy) is 1. The van der Waals surface area contributed by atoms with Crippen molar-refractivity contribution in [3.63, 3.8) is 0 Å². The van der Waals surface area contributed by atoms with Crippen LogP contribution in [0.25, 0.3) is 5.69 Å². The normalized spacial score (nSPS) is 10.4. The zero-order valence-electron chi connectivity index (χ0n) is 14.6. The molecule has 138 valence electrons. The summed E-state index contributed by atoms with van der Waals surface area (Å²) in [6.45, 7) is -0.0278. The van der Waals surface area contributed by atoms with E-state index in [9.17, 15) is 9.59 Å². The third-order valence-electron chi connectivity index (χ3n) is 3.75. The van der Waals surface area contributed by atoms with Gasteiger partial charge in [-0.2, -0.15) is 0 Å². The Bertz CT molecular complexity index is 968. The molecule has 2 N–H and O–H groups in total. The number of methoxy groups -OCH3 is 1. The van der Waals surface area contributed by atoms with E-state index >= 15 is 0 Å². The summed E-state index contributed by atoms with van der Waals surface area (Å²) in [5.41, 5.74) is 2.61. The lowest BCUT2D eigenvalue weighted by molar-refractivity contribution is -0.119. The molecule has 2 amide bonds. The smallest absolute Gasteiger partial charge is 0.272 e.